The Morgan fingerprint density at radius 2 is 2.30 bits per heavy atom. The van der Waals surface area contributed by atoms with Crippen molar-refractivity contribution in [1.82, 2.24) is 5.32 Å². The SMILES string of the molecule is N#CC1=CC=CNC1(Cl)Cl. The number of allylic oxidation sites excluding steroid dienone is 2. The highest BCUT2D eigenvalue weighted by atomic mass is 35.5. The molecule has 1 aliphatic rings. The molecule has 2 nitrogen and oxygen atoms in total. The summed E-state index contributed by atoms with van der Waals surface area (Å²) in [6.45, 7) is 0. The van der Waals surface area contributed by atoms with Crippen LogP contribution in [0.3, 0.4) is 0 Å². The van der Waals surface area contributed by atoms with Gasteiger partial charge in [-0.3, -0.25) is 0 Å². The lowest BCUT2D eigenvalue weighted by Gasteiger charge is -2.20. The molecule has 0 aromatic heterocycles. The fourth-order valence-electron chi connectivity index (χ4n) is 0.587. The zero-order valence-electron chi connectivity index (χ0n) is 4.94. The lowest BCUT2D eigenvalue weighted by atomic mass is 10.2. The highest BCUT2D eigenvalue weighted by molar-refractivity contribution is 6.50. The van der Waals surface area contributed by atoms with E-state index in [-0.39, 0.29) is 0 Å². The average molecular weight is 175 g/mol. The molecule has 1 rings (SSSR count). The minimum absolute atomic E-state index is 0.304. The van der Waals surface area contributed by atoms with Crippen LogP contribution in [0.5, 0.6) is 0 Å². The van der Waals surface area contributed by atoms with Crippen molar-refractivity contribution in [2.75, 3.05) is 0 Å². The van der Waals surface area contributed by atoms with Crippen LogP contribution in [0, 0.1) is 11.3 Å². The molecule has 10 heavy (non-hydrogen) atoms. The number of hydrogen-bond acceptors (Lipinski definition) is 2. The minimum atomic E-state index is -1.25. The molecule has 0 atom stereocenters. The van der Waals surface area contributed by atoms with E-state index in [1.807, 2.05) is 6.07 Å². The fraction of sp³-hybridized carbons (Fsp3) is 0.167. The van der Waals surface area contributed by atoms with Crippen molar-refractivity contribution >= 4 is 23.2 Å². The van der Waals surface area contributed by atoms with Crippen molar-refractivity contribution in [1.29, 1.82) is 5.26 Å². The molecule has 0 aromatic carbocycles. The molecular formula is C6H4Cl2N2. The Morgan fingerprint density at radius 1 is 1.60 bits per heavy atom. The van der Waals surface area contributed by atoms with Crippen molar-refractivity contribution < 1.29 is 0 Å². The van der Waals surface area contributed by atoms with Gasteiger partial charge in [-0.25, -0.2) is 0 Å². The van der Waals surface area contributed by atoms with E-state index in [0.717, 1.165) is 0 Å². The monoisotopic (exact) mass is 174 g/mol. The van der Waals surface area contributed by atoms with Gasteiger partial charge in [-0.1, -0.05) is 23.2 Å². The molecule has 0 radical (unpaired) electrons. The molecule has 0 unspecified atom stereocenters. The van der Waals surface area contributed by atoms with Crippen LogP contribution >= 0.6 is 23.2 Å². The van der Waals surface area contributed by atoms with Gasteiger partial charge in [0.05, 0.1) is 11.6 Å². The molecule has 0 spiro atoms. The maximum absolute atomic E-state index is 8.47. The van der Waals surface area contributed by atoms with Crippen molar-refractivity contribution in [3.63, 3.8) is 0 Å². The molecule has 4 heteroatoms. The highest BCUT2D eigenvalue weighted by Gasteiger charge is 2.28. The third-order valence-corrected chi connectivity index (χ3v) is 1.71. The molecule has 0 aliphatic carbocycles. The van der Waals surface area contributed by atoms with E-state index in [2.05, 4.69) is 5.32 Å². The van der Waals surface area contributed by atoms with Gasteiger partial charge < -0.3 is 5.32 Å². The largest absolute Gasteiger partial charge is 0.356 e. The first-order valence-corrected chi connectivity index (χ1v) is 3.35. The Hall–Kier alpha value is -0.650. The topological polar surface area (TPSA) is 35.8 Å². The van der Waals surface area contributed by atoms with Crippen LogP contribution in [-0.2, 0) is 0 Å². The van der Waals surface area contributed by atoms with Gasteiger partial charge in [-0.2, -0.15) is 5.26 Å². The standard InChI is InChI=1S/C6H4Cl2N2/c7-6(8)5(4-9)2-1-3-10-6/h1-3,10H. The predicted octanol–water partition coefficient (Wildman–Crippen LogP) is 1.68. The van der Waals surface area contributed by atoms with E-state index in [1.165, 1.54) is 0 Å². The lowest BCUT2D eigenvalue weighted by Crippen LogP contribution is -2.33. The maximum Gasteiger partial charge on any atom is 0.223 e. The Labute approximate surface area is 68.7 Å². The minimum Gasteiger partial charge on any atom is -0.356 e. The molecule has 0 saturated heterocycles. The summed E-state index contributed by atoms with van der Waals surface area (Å²) in [5.74, 6) is 0. The van der Waals surface area contributed by atoms with E-state index in [4.69, 9.17) is 28.5 Å². The summed E-state index contributed by atoms with van der Waals surface area (Å²) in [5.41, 5.74) is 0.304. The van der Waals surface area contributed by atoms with Gasteiger partial charge in [-0.05, 0) is 18.4 Å². The Morgan fingerprint density at radius 3 is 2.70 bits per heavy atom. The second kappa shape index (κ2) is 2.53. The first kappa shape index (κ1) is 7.46. The average Bonchev–Trinajstić information content (AvgIpc) is 1.87. The number of hydrogen-bond donors (Lipinski definition) is 1. The first-order chi connectivity index (χ1) is 4.67. The summed E-state index contributed by atoms with van der Waals surface area (Å²) in [6, 6.07) is 1.88. The Kier molecular flexibility index (Phi) is 1.89. The second-order valence-electron chi connectivity index (χ2n) is 1.77. The molecule has 0 fully saturated rings. The normalized spacial score (nSPS) is 20.7. The third-order valence-electron chi connectivity index (χ3n) is 1.08. The van der Waals surface area contributed by atoms with E-state index in [0.29, 0.717) is 5.57 Å². The van der Waals surface area contributed by atoms with Gasteiger partial charge in [0.2, 0.25) is 4.46 Å². The van der Waals surface area contributed by atoms with Crippen LogP contribution in [0.15, 0.2) is 23.9 Å². The quantitative estimate of drug-likeness (QED) is 0.449. The number of halogens is 2. The van der Waals surface area contributed by atoms with E-state index in [9.17, 15) is 0 Å². The van der Waals surface area contributed by atoms with Crippen LogP contribution < -0.4 is 5.32 Å². The smallest absolute Gasteiger partial charge is 0.223 e. The first-order valence-electron chi connectivity index (χ1n) is 2.60. The van der Waals surface area contributed by atoms with Gasteiger partial charge in [0.1, 0.15) is 0 Å². The Bertz CT molecular complexity index is 235. The number of rotatable bonds is 0. The number of nitriles is 1. The van der Waals surface area contributed by atoms with E-state index in [1.54, 1.807) is 18.4 Å². The van der Waals surface area contributed by atoms with Crippen molar-refractivity contribution in [2.45, 2.75) is 4.46 Å². The van der Waals surface area contributed by atoms with E-state index < -0.39 is 4.46 Å². The summed E-state index contributed by atoms with van der Waals surface area (Å²) in [4.78, 5) is 0. The number of alkyl halides is 2. The van der Waals surface area contributed by atoms with Crippen molar-refractivity contribution in [3.8, 4) is 6.07 Å². The maximum atomic E-state index is 8.47. The van der Waals surface area contributed by atoms with Crippen LogP contribution in [0.1, 0.15) is 0 Å². The van der Waals surface area contributed by atoms with Crippen LogP contribution in [0.2, 0.25) is 0 Å². The lowest BCUT2D eigenvalue weighted by molar-refractivity contribution is 0.804. The second-order valence-corrected chi connectivity index (χ2v) is 3.10. The van der Waals surface area contributed by atoms with Gasteiger partial charge in [-0.15, -0.1) is 0 Å². The van der Waals surface area contributed by atoms with Gasteiger partial charge in [0.15, 0.2) is 0 Å². The molecule has 0 saturated carbocycles. The molecule has 52 valence electrons. The molecule has 0 bridgehead atoms. The third kappa shape index (κ3) is 1.26. The fourth-order valence-corrected chi connectivity index (χ4v) is 0.923. The van der Waals surface area contributed by atoms with Crippen LogP contribution in [0.4, 0.5) is 0 Å². The van der Waals surface area contributed by atoms with Crippen LogP contribution in [0.25, 0.3) is 0 Å². The number of nitrogens with zero attached hydrogens (tertiary/aromatic N) is 1. The van der Waals surface area contributed by atoms with Crippen molar-refractivity contribution in [2.24, 2.45) is 0 Å². The summed E-state index contributed by atoms with van der Waals surface area (Å²) >= 11 is 11.3. The molecule has 0 amide bonds. The Balaban J connectivity index is 2.95. The number of nitrogens with one attached hydrogen (secondary N) is 1. The summed E-state index contributed by atoms with van der Waals surface area (Å²) in [5, 5.41) is 11.1. The zero-order valence-corrected chi connectivity index (χ0v) is 6.45. The molecule has 1 heterocycles. The van der Waals surface area contributed by atoms with Gasteiger partial charge >= 0.3 is 0 Å². The van der Waals surface area contributed by atoms with E-state index >= 15 is 0 Å². The molecule has 1 N–H and O–H groups in total. The summed E-state index contributed by atoms with van der Waals surface area (Å²) in [7, 11) is 0. The summed E-state index contributed by atoms with van der Waals surface area (Å²) in [6.07, 6.45) is 4.82. The summed E-state index contributed by atoms with van der Waals surface area (Å²) < 4.78 is -1.25. The molecule has 1 aliphatic heterocycles. The van der Waals surface area contributed by atoms with Gasteiger partial charge in [0.25, 0.3) is 0 Å². The molecular weight excluding hydrogens is 171 g/mol. The number of dihydropyridines is 1. The zero-order chi connectivity index (χ0) is 7.61. The van der Waals surface area contributed by atoms with Crippen LogP contribution in [-0.4, -0.2) is 4.46 Å². The van der Waals surface area contributed by atoms with Crippen molar-refractivity contribution in [3.05, 3.63) is 23.9 Å². The van der Waals surface area contributed by atoms with Gasteiger partial charge in [0, 0.05) is 0 Å². The molecule has 0 aromatic rings. The predicted molar refractivity (Wildman–Crippen MR) is 40.4 cm³/mol. The highest BCUT2D eigenvalue weighted by Crippen LogP contribution is 2.28.